The van der Waals surface area contributed by atoms with E-state index in [9.17, 15) is 9.59 Å². The molecule has 3 atom stereocenters. The summed E-state index contributed by atoms with van der Waals surface area (Å²) < 4.78 is 11.8. The molecule has 1 fully saturated rings. The molecule has 172 valence electrons. The van der Waals surface area contributed by atoms with E-state index in [4.69, 9.17) is 9.47 Å². The second-order valence-corrected chi connectivity index (χ2v) is 9.22. The van der Waals surface area contributed by atoms with Gasteiger partial charge in [-0.1, -0.05) is 19.8 Å². The summed E-state index contributed by atoms with van der Waals surface area (Å²) in [5, 5.41) is 3.01. The van der Waals surface area contributed by atoms with Crippen molar-refractivity contribution in [2.75, 3.05) is 46.2 Å². The Morgan fingerprint density at radius 1 is 1.16 bits per heavy atom. The highest BCUT2D eigenvalue weighted by atomic mass is 16.5. The van der Waals surface area contributed by atoms with Gasteiger partial charge in [-0.25, -0.2) is 0 Å². The Balaban J connectivity index is 1.86. The normalized spacial score (nSPS) is 26.5. The van der Waals surface area contributed by atoms with Crippen molar-refractivity contribution in [3.63, 3.8) is 0 Å². The molecule has 1 heterocycles. The summed E-state index contributed by atoms with van der Waals surface area (Å²) in [5.41, 5.74) is 1.17. The number of nitrogens with one attached hydrogen (secondary N) is 1. The molecule has 2 aliphatic rings. The van der Waals surface area contributed by atoms with Crippen LogP contribution in [0, 0.1) is 11.8 Å². The first-order chi connectivity index (χ1) is 14.8. The maximum Gasteiger partial charge on any atom is 0.257 e. The number of benzene rings is 1. The molecule has 7 nitrogen and oxygen atoms in total. The summed E-state index contributed by atoms with van der Waals surface area (Å²) in [5.74, 6) is 0.790. The van der Waals surface area contributed by atoms with Gasteiger partial charge in [0, 0.05) is 51.0 Å². The number of fused-ring (bicyclic) bond motifs is 1. The Morgan fingerprint density at radius 3 is 2.55 bits per heavy atom. The van der Waals surface area contributed by atoms with Crippen LogP contribution in [0.2, 0.25) is 0 Å². The molecule has 31 heavy (non-hydrogen) atoms. The molecule has 1 aromatic rings. The number of hydrogen-bond acceptors (Lipinski definition) is 5. The molecular formula is C24H37N3O4. The SMILES string of the molecule is CO[C@H]1CN(C)C(=O)c2ccc(NC(=O)C3CCCC3)cc2OC[C@@H](C)N(C)C[C@H]1C. The van der Waals surface area contributed by atoms with Crippen LogP contribution in [-0.2, 0) is 9.53 Å². The van der Waals surface area contributed by atoms with Gasteiger partial charge in [-0.2, -0.15) is 0 Å². The largest absolute Gasteiger partial charge is 0.491 e. The number of rotatable bonds is 3. The van der Waals surface area contributed by atoms with E-state index in [-0.39, 0.29) is 35.8 Å². The monoisotopic (exact) mass is 431 g/mol. The predicted molar refractivity (Wildman–Crippen MR) is 122 cm³/mol. The summed E-state index contributed by atoms with van der Waals surface area (Å²) in [7, 11) is 5.57. The molecule has 1 N–H and O–H groups in total. The summed E-state index contributed by atoms with van der Waals surface area (Å²) in [4.78, 5) is 29.7. The number of likely N-dealkylation sites (N-methyl/N-ethyl adjacent to an activating group) is 2. The lowest BCUT2D eigenvalue weighted by Gasteiger charge is -2.34. The molecule has 0 saturated heterocycles. The molecule has 7 heteroatoms. The number of amides is 2. The van der Waals surface area contributed by atoms with Crippen LogP contribution in [0.15, 0.2) is 18.2 Å². The molecule has 1 aliphatic carbocycles. The fourth-order valence-corrected chi connectivity index (χ4v) is 4.46. The lowest BCUT2D eigenvalue weighted by molar-refractivity contribution is -0.119. The summed E-state index contributed by atoms with van der Waals surface area (Å²) in [6, 6.07) is 5.49. The molecule has 0 radical (unpaired) electrons. The minimum absolute atomic E-state index is 0.0547. The quantitative estimate of drug-likeness (QED) is 0.796. The van der Waals surface area contributed by atoms with Crippen molar-refractivity contribution < 1.29 is 19.1 Å². The molecule has 1 aromatic carbocycles. The van der Waals surface area contributed by atoms with Gasteiger partial charge in [0.05, 0.1) is 11.7 Å². The number of ether oxygens (including phenoxy) is 2. The van der Waals surface area contributed by atoms with Crippen LogP contribution in [0.5, 0.6) is 5.75 Å². The average Bonchev–Trinajstić information content (AvgIpc) is 3.29. The van der Waals surface area contributed by atoms with Gasteiger partial charge in [0.2, 0.25) is 5.91 Å². The van der Waals surface area contributed by atoms with Crippen molar-refractivity contribution in [1.29, 1.82) is 0 Å². The second kappa shape index (κ2) is 10.5. The minimum Gasteiger partial charge on any atom is -0.491 e. The van der Waals surface area contributed by atoms with Crippen molar-refractivity contribution in [3.05, 3.63) is 23.8 Å². The average molecular weight is 432 g/mol. The standard InChI is InChI=1S/C24H37N3O4/c1-16-13-26(3)17(2)15-31-21-12-19(25-23(28)18-8-6-7-9-18)10-11-20(21)24(29)27(4)14-22(16)30-5/h10-12,16-18,22H,6-9,13-15H2,1-5H3,(H,25,28)/t16-,17-,22+/m1/s1. The van der Waals surface area contributed by atoms with Gasteiger partial charge in [0.15, 0.2) is 0 Å². The van der Waals surface area contributed by atoms with Crippen LogP contribution >= 0.6 is 0 Å². The molecule has 2 amide bonds. The van der Waals surface area contributed by atoms with Crippen LogP contribution in [-0.4, -0.2) is 74.7 Å². The van der Waals surface area contributed by atoms with Gasteiger partial charge in [-0.05, 0) is 44.9 Å². The van der Waals surface area contributed by atoms with E-state index in [1.54, 1.807) is 37.3 Å². The number of anilines is 1. The molecule has 0 aromatic heterocycles. The second-order valence-electron chi connectivity index (χ2n) is 9.22. The van der Waals surface area contributed by atoms with Crippen molar-refractivity contribution >= 4 is 17.5 Å². The number of methoxy groups -OCH3 is 1. The predicted octanol–water partition coefficient (Wildman–Crippen LogP) is 3.25. The van der Waals surface area contributed by atoms with E-state index in [0.717, 1.165) is 32.2 Å². The Bertz CT molecular complexity index is 778. The van der Waals surface area contributed by atoms with Gasteiger partial charge in [0.1, 0.15) is 12.4 Å². The zero-order valence-electron chi connectivity index (χ0n) is 19.5. The first kappa shape index (κ1) is 23.5. The summed E-state index contributed by atoms with van der Waals surface area (Å²) in [6.07, 6.45) is 4.05. The molecule has 0 unspecified atom stereocenters. The molecule has 0 spiro atoms. The van der Waals surface area contributed by atoms with Crippen LogP contribution in [0.4, 0.5) is 5.69 Å². The van der Waals surface area contributed by atoms with Crippen LogP contribution in [0.3, 0.4) is 0 Å². The minimum atomic E-state index is -0.112. The van der Waals surface area contributed by atoms with Gasteiger partial charge < -0.3 is 19.7 Å². The third-order valence-corrected chi connectivity index (χ3v) is 6.75. The Hall–Kier alpha value is -2.12. The lowest BCUT2D eigenvalue weighted by Crippen LogP contribution is -2.45. The van der Waals surface area contributed by atoms with Crippen molar-refractivity contribution in [2.45, 2.75) is 51.7 Å². The molecule has 3 rings (SSSR count). The third kappa shape index (κ3) is 5.77. The van der Waals surface area contributed by atoms with Gasteiger partial charge in [-0.15, -0.1) is 0 Å². The van der Waals surface area contributed by atoms with Gasteiger partial charge in [0.25, 0.3) is 5.91 Å². The van der Waals surface area contributed by atoms with E-state index < -0.39 is 0 Å². The lowest BCUT2D eigenvalue weighted by atomic mass is 10.0. The van der Waals surface area contributed by atoms with E-state index in [2.05, 4.69) is 31.1 Å². The summed E-state index contributed by atoms with van der Waals surface area (Å²) >= 11 is 0. The highest BCUT2D eigenvalue weighted by Gasteiger charge is 2.28. The Morgan fingerprint density at radius 2 is 1.87 bits per heavy atom. The first-order valence-corrected chi connectivity index (χ1v) is 11.4. The van der Waals surface area contributed by atoms with Crippen molar-refractivity contribution in [3.8, 4) is 5.75 Å². The highest BCUT2D eigenvalue weighted by molar-refractivity contribution is 5.98. The molecule has 1 saturated carbocycles. The first-order valence-electron chi connectivity index (χ1n) is 11.4. The Labute approximate surface area is 186 Å². The number of nitrogens with zero attached hydrogens (tertiary/aromatic N) is 2. The van der Waals surface area contributed by atoms with E-state index >= 15 is 0 Å². The molecule has 0 bridgehead atoms. The van der Waals surface area contributed by atoms with E-state index in [1.807, 2.05) is 0 Å². The maximum absolute atomic E-state index is 13.2. The van der Waals surface area contributed by atoms with E-state index in [1.165, 1.54) is 0 Å². The molecule has 1 aliphatic heterocycles. The Kier molecular flexibility index (Phi) is 7.94. The fraction of sp³-hybridized carbons (Fsp3) is 0.667. The zero-order chi connectivity index (χ0) is 22.5. The topological polar surface area (TPSA) is 71.1 Å². The fourth-order valence-electron chi connectivity index (χ4n) is 4.46. The van der Waals surface area contributed by atoms with E-state index in [0.29, 0.717) is 30.2 Å². The van der Waals surface area contributed by atoms with Gasteiger partial charge in [-0.3, -0.25) is 14.5 Å². The number of hydrogen-bond donors (Lipinski definition) is 1. The van der Waals surface area contributed by atoms with Crippen molar-refractivity contribution in [2.24, 2.45) is 11.8 Å². The smallest absolute Gasteiger partial charge is 0.257 e. The van der Waals surface area contributed by atoms with Crippen LogP contribution in [0.25, 0.3) is 0 Å². The number of carbonyl (C=O) groups is 2. The third-order valence-electron chi connectivity index (χ3n) is 6.75. The molecular weight excluding hydrogens is 394 g/mol. The number of carbonyl (C=O) groups excluding carboxylic acids is 2. The van der Waals surface area contributed by atoms with Crippen LogP contribution in [0.1, 0.15) is 49.9 Å². The van der Waals surface area contributed by atoms with Crippen molar-refractivity contribution in [1.82, 2.24) is 9.80 Å². The summed E-state index contributed by atoms with van der Waals surface area (Å²) in [6.45, 7) is 6.05. The maximum atomic E-state index is 13.2. The van der Waals surface area contributed by atoms with Crippen LogP contribution < -0.4 is 10.1 Å². The highest BCUT2D eigenvalue weighted by Crippen LogP contribution is 2.29. The zero-order valence-corrected chi connectivity index (χ0v) is 19.5. The van der Waals surface area contributed by atoms with Gasteiger partial charge >= 0.3 is 0 Å².